The quantitative estimate of drug-likeness (QED) is 0.107. The zero-order valence-electron chi connectivity index (χ0n) is 27.4. The van der Waals surface area contributed by atoms with Crippen molar-refractivity contribution >= 4 is 11.8 Å². The summed E-state index contributed by atoms with van der Waals surface area (Å²) in [5.41, 5.74) is 3.95. The smallest absolute Gasteiger partial charge is 0.308 e. The number of hydrogen-bond acceptors (Lipinski definition) is 6. The normalized spacial score (nSPS) is 18.2. The van der Waals surface area contributed by atoms with Gasteiger partial charge in [0.25, 0.3) is 0 Å². The van der Waals surface area contributed by atoms with E-state index in [-0.39, 0.29) is 23.5 Å². The van der Waals surface area contributed by atoms with Gasteiger partial charge in [-0.15, -0.1) is 0 Å². The number of nitrogens with zero attached hydrogens (tertiary/aromatic N) is 2. The van der Waals surface area contributed by atoms with Crippen molar-refractivity contribution in [3.05, 3.63) is 102 Å². The van der Waals surface area contributed by atoms with Crippen LogP contribution in [0, 0.1) is 11.8 Å². The molecule has 1 aromatic rings. The molecule has 0 bridgehead atoms. The van der Waals surface area contributed by atoms with Crippen LogP contribution in [0.3, 0.4) is 0 Å². The molecule has 0 N–H and O–H groups in total. The third-order valence-electron chi connectivity index (χ3n) is 8.42. The van der Waals surface area contributed by atoms with Gasteiger partial charge in [0.1, 0.15) is 18.2 Å². The molecule has 1 saturated heterocycles. The average Bonchev–Trinajstić information content (AvgIpc) is 3.25. The predicted octanol–water partition coefficient (Wildman–Crippen LogP) is 7.80. The van der Waals surface area contributed by atoms with Crippen LogP contribution in [0.5, 0.6) is 5.75 Å². The van der Waals surface area contributed by atoms with E-state index in [1.807, 2.05) is 57.2 Å². The molecule has 1 aromatic carbocycles. The van der Waals surface area contributed by atoms with E-state index in [0.29, 0.717) is 45.1 Å². The summed E-state index contributed by atoms with van der Waals surface area (Å²) in [6, 6.07) is 5.81. The van der Waals surface area contributed by atoms with E-state index < -0.39 is 0 Å². The molecule has 2 aliphatic heterocycles. The maximum Gasteiger partial charge on any atom is 0.308 e. The molecule has 0 saturated carbocycles. The fourth-order valence-electron chi connectivity index (χ4n) is 5.66. The average molecular weight is 619 g/mol. The number of esters is 1. The lowest BCUT2D eigenvalue weighted by molar-refractivity contribution is -0.147. The van der Waals surface area contributed by atoms with Gasteiger partial charge < -0.3 is 9.47 Å². The molecule has 3 rings (SSSR count). The molecular weight excluding hydrogens is 567 g/mol. The van der Waals surface area contributed by atoms with Crippen LogP contribution in [0.1, 0.15) is 68.8 Å². The number of carbonyl (C=O) groups is 2. The number of hydrogen-bond donors (Lipinski definition) is 0. The number of carbonyl (C=O) groups excluding carboxylic acids is 2. The van der Waals surface area contributed by atoms with E-state index in [1.54, 1.807) is 6.08 Å². The van der Waals surface area contributed by atoms with Crippen molar-refractivity contribution in [1.29, 1.82) is 0 Å². The van der Waals surface area contributed by atoms with Gasteiger partial charge in [-0.2, -0.15) is 0 Å². The van der Waals surface area contributed by atoms with Gasteiger partial charge in [-0.3, -0.25) is 19.4 Å². The van der Waals surface area contributed by atoms with E-state index in [0.717, 1.165) is 73.5 Å². The number of ether oxygens (including phenoxy) is 2. The topological polar surface area (TPSA) is 59.1 Å². The Morgan fingerprint density at radius 3 is 2.58 bits per heavy atom. The Labute approximate surface area is 269 Å². The molecule has 0 spiro atoms. The molecule has 7 heteroatoms. The first-order valence-electron chi connectivity index (χ1n) is 16.3. The highest BCUT2D eigenvalue weighted by Crippen LogP contribution is 2.27. The van der Waals surface area contributed by atoms with Crippen LogP contribution in [-0.2, 0) is 16.1 Å². The molecule has 1 unspecified atom stereocenters. The van der Waals surface area contributed by atoms with Crippen molar-refractivity contribution in [2.45, 2.75) is 59.4 Å². The number of Topliss-reactive ketones (excluding diaryl/α,β-unsaturated/α-hetero) is 1. The SMILES string of the molecule is C=C/C(F)=C\C=C(/C)CN1CCOc2ccc(C(=O)CCC3CCN(C/C(C=C)=C/C=C\CC(C)C(=O)OCC)CC3)cc2C1. The number of rotatable bonds is 16. The van der Waals surface area contributed by atoms with Gasteiger partial charge in [-0.05, 0) is 94.5 Å². The van der Waals surface area contributed by atoms with Crippen molar-refractivity contribution in [2.24, 2.45) is 11.8 Å². The Hall–Kier alpha value is -3.55. The number of fused-ring (bicyclic) bond motifs is 1. The molecule has 45 heavy (non-hydrogen) atoms. The Morgan fingerprint density at radius 2 is 1.87 bits per heavy atom. The van der Waals surface area contributed by atoms with Gasteiger partial charge in [-0.25, -0.2) is 4.39 Å². The predicted molar refractivity (Wildman–Crippen MR) is 181 cm³/mol. The molecule has 2 heterocycles. The number of allylic oxidation sites excluding steroid dienone is 7. The highest BCUT2D eigenvalue weighted by Gasteiger charge is 2.22. The second-order valence-electron chi connectivity index (χ2n) is 12.1. The maximum atomic E-state index is 13.4. The van der Waals surface area contributed by atoms with Gasteiger partial charge in [0.15, 0.2) is 5.78 Å². The lowest BCUT2D eigenvalue weighted by atomic mass is 9.90. The van der Waals surface area contributed by atoms with Crippen LogP contribution >= 0.6 is 0 Å². The van der Waals surface area contributed by atoms with Crippen molar-refractivity contribution in [1.82, 2.24) is 9.80 Å². The van der Waals surface area contributed by atoms with Crippen LogP contribution in [0.15, 0.2) is 90.9 Å². The largest absolute Gasteiger partial charge is 0.492 e. The highest BCUT2D eigenvalue weighted by molar-refractivity contribution is 5.96. The van der Waals surface area contributed by atoms with E-state index in [2.05, 4.69) is 29.0 Å². The zero-order chi connectivity index (χ0) is 32.6. The molecule has 6 nitrogen and oxygen atoms in total. The van der Waals surface area contributed by atoms with Crippen LogP contribution in [-0.4, -0.2) is 67.5 Å². The Kier molecular flexibility index (Phi) is 15.2. The van der Waals surface area contributed by atoms with Gasteiger partial charge in [0.2, 0.25) is 0 Å². The van der Waals surface area contributed by atoms with Gasteiger partial charge in [-0.1, -0.05) is 56.0 Å². The number of likely N-dealkylation sites (tertiary alicyclic amines) is 1. The maximum absolute atomic E-state index is 13.4. The standard InChI is InChI=1S/C38H51FN2O4/c1-6-31(12-10-9-11-30(5)38(43)44-8-3)27-40-21-19-32(20-22-40)14-17-36(42)33-15-18-37-34(25-33)28-41(23-24-45-37)26-29(4)13-16-35(39)7-2/h6-7,9-10,12-13,15-16,18,25,30,32H,1-2,8,11,14,17,19-24,26-28H2,3-5H3/b10-9-,29-13+,31-12+,35-16+. The van der Waals surface area contributed by atoms with Crippen LogP contribution < -0.4 is 4.74 Å². The Bertz CT molecular complexity index is 1290. The molecular formula is C38H51FN2O4. The van der Waals surface area contributed by atoms with Gasteiger partial charge >= 0.3 is 5.97 Å². The highest BCUT2D eigenvalue weighted by atomic mass is 19.1. The summed E-state index contributed by atoms with van der Waals surface area (Å²) in [4.78, 5) is 29.7. The monoisotopic (exact) mass is 618 g/mol. The second kappa shape index (κ2) is 19.1. The second-order valence-corrected chi connectivity index (χ2v) is 12.1. The molecule has 0 aromatic heterocycles. The summed E-state index contributed by atoms with van der Waals surface area (Å²) in [5.74, 6) is 0.886. The molecule has 0 aliphatic carbocycles. The lowest BCUT2D eigenvalue weighted by Crippen LogP contribution is -2.35. The molecule has 0 radical (unpaired) electrons. The van der Waals surface area contributed by atoms with Crippen molar-refractivity contribution < 1.29 is 23.5 Å². The molecule has 2 aliphatic rings. The minimum absolute atomic E-state index is 0.148. The van der Waals surface area contributed by atoms with Crippen LogP contribution in [0.4, 0.5) is 4.39 Å². The number of piperidine rings is 1. The number of ketones is 1. The fourth-order valence-corrected chi connectivity index (χ4v) is 5.66. The van der Waals surface area contributed by atoms with Gasteiger partial charge in [0.05, 0.1) is 12.5 Å². The first-order chi connectivity index (χ1) is 21.7. The zero-order valence-corrected chi connectivity index (χ0v) is 27.4. The summed E-state index contributed by atoms with van der Waals surface area (Å²) in [6.07, 6.45) is 16.6. The molecule has 1 atom stereocenters. The van der Waals surface area contributed by atoms with Crippen LogP contribution in [0.25, 0.3) is 0 Å². The molecule has 0 amide bonds. The first kappa shape index (κ1) is 35.9. The van der Waals surface area contributed by atoms with E-state index >= 15 is 0 Å². The summed E-state index contributed by atoms with van der Waals surface area (Å²) < 4.78 is 24.5. The Balaban J connectivity index is 1.45. The van der Waals surface area contributed by atoms with Gasteiger partial charge in [0, 0.05) is 43.7 Å². The summed E-state index contributed by atoms with van der Waals surface area (Å²) in [5, 5.41) is 0. The third kappa shape index (κ3) is 12.4. The molecule has 244 valence electrons. The minimum Gasteiger partial charge on any atom is -0.492 e. The summed E-state index contributed by atoms with van der Waals surface area (Å²) in [6.45, 7) is 19.1. The first-order valence-corrected chi connectivity index (χ1v) is 16.3. The number of halogens is 1. The van der Waals surface area contributed by atoms with Crippen molar-refractivity contribution in [3.63, 3.8) is 0 Å². The minimum atomic E-state index is -0.355. The Morgan fingerprint density at radius 1 is 1.09 bits per heavy atom. The molecule has 1 fully saturated rings. The van der Waals surface area contributed by atoms with Crippen LogP contribution in [0.2, 0.25) is 0 Å². The van der Waals surface area contributed by atoms with Crippen molar-refractivity contribution in [2.75, 3.05) is 45.9 Å². The number of benzene rings is 1. The van der Waals surface area contributed by atoms with E-state index in [1.165, 1.54) is 12.2 Å². The van der Waals surface area contributed by atoms with Crippen molar-refractivity contribution in [3.8, 4) is 5.75 Å². The lowest BCUT2D eigenvalue weighted by Gasteiger charge is -2.32. The third-order valence-corrected chi connectivity index (χ3v) is 8.42. The summed E-state index contributed by atoms with van der Waals surface area (Å²) >= 11 is 0. The summed E-state index contributed by atoms with van der Waals surface area (Å²) in [7, 11) is 0. The van der Waals surface area contributed by atoms with E-state index in [4.69, 9.17) is 9.47 Å². The van der Waals surface area contributed by atoms with E-state index in [9.17, 15) is 14.0 Å². The fraction of sp³-hybridized carbons (Fsp3) is 0.474.